The van der Waals surface area contributed by atoms with Crippen LogP contribution in [0.4, 0.5) is 13.2 Å². The summed E-state index contributed by atoms with van der Waals surface area (Å²) in [5, 5.41) is 0. The molecule has 0 spiro atoms. The number of hydrogen-bond acceptors (Lipinski definition) is 4. The van der Waals surface area contributed by atoms with E-state index in [1.807, 2.05) is 12.1 Å². The van der Waals surface area contributed by atoms with Gasteiger partial charge in [-0.2, -0.15) is 13.2 Å². The van der Waals surface area contributed by atoms with Gasteiger partial charge in [-0.15, -0.1) is 11.7 Å². The summed E-state index contributed by atoms with van der Waals surface area (Å²) in [6.45, 7) is 0. The Morgan fingerprint density at radius 1 is 1.10 bits per heavy atom. The van der Waals surface area contributed by atoms with Crippen LogP contribution < -0.4 is 0 Å². The average Bonchev–Trinajstić information content (AvgIpc) is 2.89. The molecule has 0 saturated heterocycles. The van der Waals surface area contributed by atoms with Crippen molar-refractivity contribution in [3.8, 4) is 11.5 Å². The van der Waals surface area contributed by atoms with Gasteiger partial charge >= 0.3 is 6.18 Å². The Morgan fingerprint density at radius 3 is 2.57 bits per heavy atom. The lowest BCUT2D eigenvalue weighted by molar-refractivity contribution is -0.137. The molecular weight excluding hydrogens is 319 g/mol. The second-order valence-electron chi connectivity index (χ2n) is 4.29. The van der Waals surface area contributed by atoms with Crippen molar-refractivity contribution < 1.29 is 17.6 Å². The van der Waals surface area contributed by atoms with Gasteiger partial charge in [0, 0.05) is 4.90 Å². The van der Waals surface area contributed by atoms with Crippen LogP contribution in [-0.4, -0.2) is 4.98 Å². The minimum atomic E-state index is -4.40. The van der Waals surface area contributed by atoms with Crippen molar-refractivity contribution in [3.63, 3.8) is 0 Å². The highest BCUT2D eigenvalue weighted by Crippen LogP contribution is 2.36. The molecule has 0 radical (unpaired) electrons. The summed E-state index contributed by atoms with van der Waals surface area (Å²) in [5.41, 5.74) is 0.449. The van der Waals surface area contributed by atoms with Gasteiger partial charge in [0.25, 0.3) is 0 Å². The van der Waals surface area contributed by atoms with E-state index >= 15 is 0 Å². The quantitative estimate of drug-likeness (QED) is 0.500. The number of alkyl halides is 3. The third-order valence-corrected chi connectivity index (χ3v) is 4.07. The Hall–Kier alpha value is -1.60. The van der Waals surface area contributed by atoms with Crippen molar-refractivity contribution >= 4 is 33.6 Å². The number of rotatable bonds is 2. The molecule has 0 unspecified atom stereocenters. The molecule has 0 fully saturated rings. The first kappa shape index (κ1) is 14.3. The van der Waals surface area contributed by atoms with Crippen molar-refractivity contribution in [1.29, 1.82) is 0 Å². The molecule has 0 bridgehead atoms. The molecule has 3 aromatic rings. The molecule has 0 aliphatic heterocycles. The van der Waals surface area contributed by atoms with Crippen molar-refractivity contribution in [3.05, 3.63) is 48.0 Å². The van der Waals surface area contributed by atoms with Gasteiger partial charge < -0.3 is 4.42 Å². The van der Waals surface area contributed by atoms with Gasteiger partial charge in [0.2, 0.25) is 5.89 Å². The summed E-state index contributed by atoms with van der Waals surface area (Å²) < 4.78 is 43.6. The summed E-state index contributed by atoms with van der Waals surface area (Å²) >= 11 is 4.15. The molecule has 1 heterocycles. The number of thiol groups is 1. The second kappa shape index (κ2) is 5.31. The standard InChI is InChI=1S/C14H8F3NOS2/c15-14(16,17)8-5-6-11-10(7-8)18-13(19-11)9-3-1-2-4-12(9)21-20/h1-7,20H. The van der Waals surface area contributed by atoms with E-state index < -0.39 is 11.7 Å². The molecule has 2 aromatic carbocycles. The zero-order valence-electron chi connectivity index (χ0n) is 10.4. The van der Waals surface area contributed by atoms with E-state index in [2.05, 4.69) is 16.6 Å². The van der Waals surface area contributed by atoms with E-state index in [-0.39, 0.29) is 11.4 Å². The first-order valence-electron chi connectivity index (χ1n) is 5.87. The summed E-state index contributed by atoms with van der Waals surface area (Å²) in [6.07, 6.45) is -4.40. The minimum absolute atomic E-state index is 0.179. The molecule has 21 heavy (non-hydrogen) atoms. The smallest absolute Gasteiger partial charge is 0.416 e. The van der Waals surface area contributed by atoms with Gasteiger partial charge in [-0.1, -0.05) is 22.9 Å². The highest BCUT2D eigenvalue weighted by Gasteiger charge is 2.31. The molecule has 108 valence electrons. The predicted molar refractivity (Wildman–Crippen MR) is 79.3 cm³/mol. The van der Waals surface area contributed by atoms with E-state index in [4.69, 9.17) is 4.42 Å². The van der Waals surface area contributed by atoms with Crippen molar-refractivity contribution in [2.24, 2.45) is 0 Å². The fourth-order valence-electron chi connectivity index (χ4n) is 1.94. The Balaban J connectivity index is 2.13. The lowest BCUT2D eigenvalue weighted by Gasteiger charge is -2.04. The molecule has 7 heteroatoms. The molecular formula is C14H8F3NOS2. The zero-order chi connectivity index (χ0) is 15.0. The predicted octanol–water partition coefficient (Wildman–Crippen LogP) is 5.45. The minimum Gasteiger partial charge on any atom is -0.436 e. The topological polar surface area (TPSA) is 26.0 Å². The van der Waals surface area contributed by atoms with Gasteiger partial charge in [0.15, 0.2) is 5.58 Å². The van der Waals surface area contributed by atoms with Crippen molar-refractivity contribution in [1.82, 2.24) is 4.98 Å². The first-order chi connectivity index (χ1) is 9.99. The maximum Gasteiger partial charge on any atom is 0.416 e. The summed E-state index contributed by atoms with van der Waals surface area (Å²) in [5.74, 6) is 0.279. The fourth-order valence-corrected chi connectivity index (χ4v) is 2.81. The number of fused-ring (bicyclic) bond motifs is 1. The molecule has 1 aromatic heterocycles. The second-order valence-corrected chi connectivity index (χ2v) is 5.46. The van der Waals surface area contributed by atoms with Crippen LogP contribution in [0, 0.1) is 0 Å². The monoisotopic (exact) mass is 327 g/mol. The van der Waals surface area contributed by atoms with E-state index in [9.17, 15) is 13.2 Å². The Labute approximate surface area is 127 Å². The van der Waals surface area contributed by atoms with Crippen LogP contribution in [0.15, 0.2) is 51.8 Å². The van der Waals surface area contributed by atoms with Crippen LogP contribution in [0.2, 0.25) is 0 Å². The molecule has 3 rings (SSSR count). The number of hydrogen-bond donors (Lipinski definition) is 1. The van der Waals surface area contributed by atoms with Crippen LogP contribution in [0.1, 0.15) is 5.56 Å². The number of oxazole rings is 1. The van der Waals surface area contributed by atoms with Gasteiger partial charge in [-0.25, -0.2) is 4.98 Å². The van der Waals surface area contributed by atoms with E-state index in [1.165, 1.54) is 16.9 Å². The van der Waals surface area contributed by atoms with Crippen LogP contribution in [0.25, 0.3) is 22.6 Å². The maximum absolute atomic E-state index is 12.7. The Bertz CT molecular complexity index is 798. The molecule has 0 saturated carbocycles. The van der Waals surface area contributed by atoms with E-state index in [1.54, 1.807) is 12.1 Å². The lowest BCUT2D eigenvalue weighted by atomic mass is 10.2. The largest absolute Gasteiger partial charge is 0.436 e. The number of benzene rings is 2. The number of halogens is 3. The molecule has 0 amide bonds. The van der Waals surface area contributed by atoms with Crippen LogP contribution >= 0.6 is 22.5 Å². The normalized spacial score (nSPS) is 12.0. The highest BCUT2D eigenvalue weighted by atomic mass is 33.1. The van der Waals surface area contributed by atoms with E-state index in [0.717, 1.165) is 17.0 Å². The molecule has 0 aliphatic carbocycles. The fraction of sp³-hybridized carbons (Fsp3) is 0.0714. The summed E-state index contributed by atoms with van der Waals surface area (Å²) in [6, 6.07) is 10.5. The Morgan fingerprint density at radius 2 is 1.86 bits per heavy atom. The molecule has 0 N–H and O–H groups in total. The third-order valence-electron chi connectivity index (χ3n) is 2.93. The highest BCUT2D eigenvalue weighted by molar-refractivity contribution is 8.68. The van der Waals surface area contributed by atoms with E-state index in [0.29, 0.717) is 11.1 Å². The van der Waals surface area contributed by atoms with Gasteiger partial charge in [-0.05, 0) is 30.3 Å². The Kier molecular flexibility index (Phi) is 3.62. The van der Waals surface area contributed by atoms with Gasteiger partial charge in [0.05, 0.1) is 11.1 Å². The summed E-state index contributed by atoms with van der Waals surface area (Å²) in [4.78, 5) is 4.97. The van der Waals surface area contributed by atoms with Gasteiger partial charge in [0.1, 0.15) is 5.52 Å². The molecule has 2 nitrogen and oxygen atoms in total. The van der Waals surface area contributed by atoms with Crippen LogP contribution in [-0.2, 0) is 6.18 Å². The zero-order valence-corrected chi connectivity index (χ0v) is 12.1. The maximum atomic E-state index is 12.7. The SMILES string of the molecule is FC(F)(F)c1ccc2oc(-c3ccccc3SS)nc2c1. The van der Waals surface area contributed by atoms with Gasteiger partial charge in [-0.3, -0.25) is 0 Å². The number of nitrogens with zero attached hydrogens (tertiary/aromatic N) is 1. The van der Waals surface area contributed by atoms with Crippen molar-refractivity contribution in [2.75, 3.05) is 0 Å². The molecule has 0 atom stereocenters. The number of aromatic nitrogens is 1. The van der Waals surface area contributed by atoms with Crippen LogP contribution in [0.5, 0.6) is 0 Å². The van der Waals surface area contributed by atoms with Crippen molar-refractivity contribution in [2.45, 2.75) is 11.1 Å². The molecule has 0 aliphatic rings. The van der Waals surface area contributed by atoms with Crippen LogP contribution in [0.3, 0.4) is 0 Å². The third kappa shape index (κ3) is 2.75. The summed E-state index contributed by atoms with van der Waals surface area (Å²) in [7, 11) is 1.22. The first-order valence-corrected chi connectivity index (χ1v) is 7.74. The average molecular weight is 327 g/mol. The lowest BCUT2D eigenvalue weighted by Crippen LogP contribution is -2.03.